The third kappa shape index (κ3) is 2.14. The zero-order chi connectivity index (χ0) is 19.1. The molecule has 6 atom stereocenters. The Morgan fingerprint density at radius 2 is 1.81 bits per heavy atom. The van der Waals surface area contributed by atoms with Crippen molar-refractivity contribution in [1.82, 2.24) is 0 Å². The van der Waals surface area contributed by atoms with Crippen molar-refractivity contribution in [1.29, 1.82) is 0 Å². The summed E-state index contributed by atoms with van der Waals surface area (Å²) < 4.78 is 0. The molecule has 4 aliphatic carbocycles. The van der Waals surface area contributed by atoms with Gasteiger partial charge in [0.15, 0.2) is 0 Å². The van der Waals surface area contributed by atoms with E-state index < -0.39 is 5.41 Å². The molecule has 3 fully saturated rings. The number of benzene rings is 1. The SMILES string of the molecule is Cc1cc(O)c2c(c1)C[C@@H]1[C@@H]3CC[C@@H]4CC(=O)CC[C@]4(C)[C@@H]3CC(=O)[C@]21C. The molecule has 0 radical (unpaired) electrons. The molecule has 0 bridgehead atoms. The Labute approximate surface area is 161 Å². The molecule has 0 aliphatic heterocycles. The van der Waals surface area contributed by atoms with E-state index in [0.717, 1.165) is 43.2 Å². The van der Waals surface area contributed by atoms with Crippen molar-refractivity contribution in [3.05, 3.63) is 28.8 Å². The molecule has 0 amide bonds. The van der Waals surface area contributed by atoms with Gasteiger partial charge in [0.1, 0.15) is 17.3 Å². The molecular formula is C24H30O3. The van der Waals surface area contributed by atoms with E-state index in [1.165, 1.54) is 5.56 Å². The number of hydrogen-bond donors (Lipinski definition) is 1. The molecule has 0 saturated heterocycles. The number of carbonyl (C=O) groups is 2. The molecule has 3 nitrogen and oxygen atoms in total. The van der Waals surface area contributed by atoms with Crippen LogP contribution in [0, 0.1) is 36.0 Å². The van der Waals surface area contributed by atoms with Crippen LogP contribution >= 0.6 is 0 Å². The third-order valence-corrected chi connectivity index (χ3v) is 9.11. The van der Waals surface area contributed by atoms with Crippen molar-refractivity contribution in [3.63, 3.8) is 0 Å². The molecule has 5 rings (SSSR count). The number of fused-ring (bicyclic) bond motifs is 7. The van der Waals surface area contributed by atoms with Gasteiger partial charge in [-0.15, -0.1) is 0 Å². The fourth-order valence-electron chi connectivity index (χ4n) is 7.66. The largest absolute Gasteiger partial charge is 0.508 e. The van der Waals surface area contributed by atoms with E-state index >= 15 is 0 Å². The predicted octanol–water partition coefficient (Wildman–Crippen LogP) is 4.51. The first-order chi connectivity index (χ1) is 12.7. The second kappa shape index (κ2) is 5.46. The second-order valence-electron chi connectivity index (χ2n) is 10.3. The van der Waals surface area contributed by atoms with Gasteiger partial charge in [-0.25, -0.2) is 0 Å². The van der Waals surface area contributed by atoms with Crippen molar-refractivity contribution >= 4 is 11.6 Å². The number of phenolic OH excluding ortho intramolecular Hbond substituents is 1. The molecule has 0 aromatic heterocycles. The van der Waals surface area contributed by atoms with Crippen molar-refractivity contribution < 1.29 is 14.7 Å². The van der Waals surface area contributed by atoms with E-state index in [1.807, 2.05) is 13.0 Å². The molecule has 3 heteroatoms. The monoisotopic (exact) mass is 366 g/mol. The van der Waals surface area contributed by atoms with Crippen LogP contribution in [-0.4, -0.2) is 16.7 Å². The first kappa shape index (κ1) is 17.5. The highest BCUT2D eigenvalue weighted by Crippen LogP contribution is 2.65. The summed E-state index contributed by atoms with van der Waals surface area (Å²) in [5.74, 6) is 2.70. The molecule has 1 aromatic carbocycles. The van der Waals surface area contributed by atoms with Gasteiger partial charge in [-0.2, -0.15) is 0 Å². The summed E-state index contributed by atoms with van der Waals surface area (Å²) in [7, 11) is 0. The number of hydrogen-bond acceptors (Lipinski definition) is 3. The van der Waals surface area contributed by atoms with E-state index in [2.05, 4.69) is 19.9 Å². The number of rotatable bonds is 0. The number of aryl methyl sites for hydroxylation is 1. The van der Waals surface area contributed by atoms with Gasteiger partial charge < -0.3 is 5.11 Å². The zero-order valence-electron chi connectivity index (χ0n) is 16.7. The lowest BCUT2D eigenvalue weighted by Gasteiger charge is -2.59. The van der Waals surface area contributed by atoms with Crippen LogP contribution in [0.3, 0.4) is 0 Å². The minimum atomic E-state index is -0.540. The second-order valence-corrected chi connectivity index (χ2v) is 10.3. The van der Waals surface area contributed by atoms with Gasteiger partial charge in [0.25, 0.3) is 0 Å². The topological polar surface area (TPSA) is 54.4 Å². The summed E-state index contributed by atoms with van der Waals surface area (Å²) >= 11 is 0. The third-order valence-electron chi connectivity index (χ3n) is 9.11. The van der Waals surface area contributed by atoms with Gasteiger partial charge >= 0.3 is 0 Å². The smallest absolute Gasteiger partial charge is 0.143 e. The van der Waals surface area contributed by atoms with Crippen LogP contribution < -0.4 is 0 Å². The van der Waals surface area contributed by atoms with Crippen LogP contribution in [0.25, 0.3) is 0 Å². The Balaban J connectivity index is 1.58. The minimum absolute atomic E-state index is 0.126. The molecule has 1 aromatic rings. The lowest BCUT2D eigenvalue weighted by molar-refractivity contribution is -0.148. The van der Waals surface area contributed by atoms with Gasteiger partial charge in [0.05, 0.1) is 5.41 Å². The Hall–Kier alpha value is -1.64. The highest BCUT2D eigenvalue weighted by atomic mass is 16.3. The lowest BCUT2D eigenvalue weighted by atomic mass is 9.44. The van der Waals surface area contributed by atoms with Crippen LogP contribution in [0.1, 0.15) is 69.1 Å². The van der Waals surface area contributed by atoms with Crippen LogP contribution in [0.4, 0.5) is 0 Å². The van der Waals surface area contributed by atoms with Crippen LogP contribution in [-0.2, 0) is 21.4 Å². The Bertz CT molecular complexity index is 855. The first-order valence-corrected chi connectivity index (χ1v) is 10.6. The normalized spacial score (nSPS) is 42.9. The summed E-state index contributed by atoms with van der Waals surface area (Å²) in [5.41, 5.74) is 2.74. The highest BCUT2D eigenvalue weighted by Gasteiger charge is 2.62. The highest BCUT2D eigenvalue weighted by molar-refractivity contribution is 5.94. The van der Waals surface area contributed by atoms with Gasteiger partial charge in [0, 0.05) is 24.8 Å². The number of Topliss-reactive ketones (excluding diaryl/α,β-unsaturated/α-hetero) is 2. The van der Waals surface area contributed by atoms with Crippen molar-refractivity contribution in [2.45, 2.75) is 71.1 Å². The Kier molecular flexibility index (Phi) is 3.53. The molecule has 0 unspecified atom stereocenters. The number of ketones is 2. The number of carbonyl (C=O) groups excluding carboxylic acids is 2. The molecule has 27 heavy (non-hydrogen) atoms. The molecule has 1 N–H and O–H groups in total. The van der Waals surface area contributed by atoms with E-state index in [9.17, 15) is 14.7 Å². The van der Waals surface area contributed by atoms with E-state index in [4.69, 9.17) is 0 Å². The van der Waals surface area contributed by atoms with Gasteiger partial charge in [-0.05, 0) is 85.8 Å². The van der Waals surface area contributed by atoms with E-state index in [1.54, 1.807) is 0 Å². The van der Waals surface area contributed by atoms with Gasteiger partial charge in [0.2, 0.25) is 0 Å². The van der Waals surface area contributed by atoms with E-state index in [-0.39, 0.29) is 5.41 Å². The molecule has 4 aliphatic rings. The first-order valence-electron chi connectivity index (χ1n) is 10.6. The molecule has 3 saturated carbocycles. The van der Waals surface area contributed by atoms with E-state index in [0.29, 0.717) is 53.8 Å². The fraction of sp³-hybridized carbons (Fsp3) is 0.667. The Morgan fingerprint density at radius 1 is 1.04 bits per heavy atom. The zero-order valence-corrected chi connectivity index (χ0v) is 16.7. The van der Waals surface area contributed by atoms with Crippen molar-refractivity contribution in [2.24, 2.45) is 29.1 Å². The molecule has 0 spiro atoms. The fourth-order valence-corrected chi connectivity index (χ4v) is 7.66. The maximum Gasteiger partial charge on any atom is 0.143 e. The predicted molar refractivity (Wildman–Crippen MR) is 104 cm³/mol. The van der Waals surface area contributed by atoms with Gasteiger partial charge in [-0.1, -0.05) is 13.0 Å². The van der Waals surface area contributed by atoms with Crippen molar-refractivity contribution in [3.8, 4) is 5.75 Å². The summed E-state index contributed by atoms with van der Waals surface area (Å²) in [6.07, 6.45) is 6.12. The number of phenols is 1. The average molecular weight is 367 g/mol. The van der Waals surface area contributed by atoms with Crippen LogP contribution in [0.2, 0.25) is 0 Å². The maximum atomic E-state index is 13.6. The van der Waals surface area contributed by atoms with Crippen LogP contribution in [0.5, 0.6) is 5.75 Å². The number of aromatic hydroxyl groups is 1. The average Bonchev–Trinajstić information content (AvgIpc) is 2.90. The molecule has 144 valence electrons. The summed E-state index contributed by atoms with van der Waals surface area (Å²) in [5, 5.41) is 10.7. The van der Waals surface area contributed by atoms with Crippen molar-refractivity contribution in [2.75, 3.05) is 0 Å². The lowest BCUT2D eigenvalue weighted by Crippen LogP contribution is -2.57. The minimum Gasteiger partial charge on any atom is -0.508 e. The summed E-state index contributed by atoms with van der Waals surface area (Å²) in [6, 6.07) is 3.99. The Morgan fingerprint density at radius 3 is 2.59 bits per heavy atom. The van der Waals surface area contributed by atoms with Crippen LogP contribution in [0.15, 0.2) is 12.1 Å². The molecule has 0 heterocycles. The van der Waals surface area contributed by atoms with Gasteiger partial charge in [-0.3, -0.25) is 9.59 Å². The summed E-state index contributed by atoms with van der Waals surface area (Å²) in [6.45, 7) is 6.47. The molecular weight excluding hydrogens is 336 g/mol. The quantitative estimate of drug-likeness (QED) is 0.735. The summed E-state index contributed by atoms with van der Waals surface area (Å²) in [4.78, 5) is 25.6. The maximum absolute atomic E-state index is 13.6. The standard InChI is InChI=1S/C24H30O3/c1-13-8-14-10-19-17-5-4-15-11-16(25)6-7-23(15,2)18(17)12-21(27)24(19,3)22(14)20(26)9-13/h8-9,15,17-19,26H,4-7,10-12H2,1-3H3/t15-,17-,18-,19-,23+,24-/m1/s1.